The van der Waals surface area contributed by atoms with Gasteiger partial charge in [0.1, 0.15) is 0 Å². The van der Waals surface area contributed by atoms with Crippen molar-refractivity contribution in [1.29, 1.82) is 0 Å². The number of fused-ring (bicyclic) bond motifs is 3. The molecule has 0 heterocycles. The largest absolute Gasteiger partial charge is 0.396 e. The lowest BCUT2D eigenvalue weighted by Gasteiger charge is -2.59. The molecule has 8 unspecified atom stereocenters. The fourth-order valence-corrected chi connectivity index (χ4v) is 9.34. The van der Waals surface area contributed by atoms with E-state index in [0.29, 0.717) is 17.4 Å². The van der Waals surface area contributed by atoms with Crippen LogP contribution in [0.1, 0.15) is 131 Å². The maximum absolute atomic E-state index is 9.38. The van der Waals surface area contributed by atoms with Crippen LogP contribution < -0.4 is 0 Å². The second kappa shape index (κ2) is 10.9. The Morgan fingerprint density at radius 1 is 0.935 bits per heavy atom. The standard InChI is InChI=1S/C30H56O/c1-7-11-24-20-25-27(29(5,21-24)17-8-9-19-31)16-18-30(6)26(14-15-28(25)30)23(4)13-10-12-22(2)3/h22-28,31H,7-21H2,1-6H3. The molecule has 0 bridgehead atoms. The van der Waals surface area contributed by atoms with E-state index in [0.717, 1.165) is 47.8 Å². The number of aliphatic hydroxyl groups excluding tert-OH is 1. The fraction of sp³-hybridized carbons (Fsp3) is 1.00. The molecule has 3 saturated carbocycles. The van der Waals surface area contributed by atoms with Crippen molar-refractivity contribution in [3.8, 4) is 0 Å². The molecular formula is C30H56O. The van der Waals surface area contributed by atoms with Crippen molar-refractivity contribution in [3.05, 3.63) is 0 Å². The number of hydrogen-bond donors (Lipinski definition) is 1. The van der Waals surface area contributed by atoms with Crippen LogP contribution in [-0.2, 0) is 0 Å². The fourth-order valence-electron chi connectivity index (χ4n) is 9.34. The highest BCUT2D eigenvalue weighted by Gasteiger charge is 2.59. The van der Waals surface area contributed by atoms with E-state index in [1.54, 1.807) is 0 Å². The summed E-state index contributed by atoms with van der Waals surface area (Å²) in [5, 5.41) is 9.38. The molecule has 0 aliphatic heterocycles. The van der Waals surface area contributed by atoms with E-state index in [4.69, 9.17) is 0 Å². The molecule has 0 saturated heterocycles. The Bertz CT molecular complexity index is 541. The van der Waals surface area contributed by atoms with Gasteiger partial charge in [-0.2, -0.15) is 0 Å². The predicted molar refractivity (Wildman–Crippen MR) is 135 cm³/mol. The molecule has 0 aromatic heterocycles. The lowest BCUT2D eigenvalue weighted by molar-refractivity contribution is -0.0953. The van der Waals surface area contributed by atoms with Gasteiger partial charge in [-0.1, -0.05) is 80.1 Å². The summed E-state index contributed by atoms with van der Waals surface area (Å²) in [6.45, 7) is 15.5. The third kappa shape index (κ3) is 5.55. The van der Waals surface area contributed by atoms with Crippen molar-refractivity contribution in [2.75, 3.05) is 6.61 Å². The molecule has 0 spiro atoms. The van der Waals surface area contributed by atoms with Gasteiger partial charge in [0.05, 0.1) is 0 Å². The second-order valence-corrected chi connectivity index (χ2v) is 13.3. The molecule has 3 fully saturated rings. The van der Waals surface area contributed by atoms with Crippen molar-refractivity contribution in [2.24, 2.45) is 52.3 Å². The number of rotatable bonds is 11. The maximum Gasteiger partial charge on any atom is 0.0431 e. The average Bonchev–Trinajstić information content (AvgIpc) is 3.05. The molecule has 0 aromatic carbocycles. The van der Waals surface area contributed by atoms with Gasteiger partial charge < -0.3 is 5.11 Å². The van der Waals surface area contributed by atoms with Gasteiger partial charge in [-0.3, -0.25) is 0 Å². The molecular weight excluding hydrogens is 376 g/mol. The first-order chi connectivity index (χ1) is 14.7. The van der Waals surface area contributed by atoms with Crippen molar-refractivity contribution < 1.29 is 5.11 Å². The molecule has 0 aromatic rings. The van der Waals surface area contributed by atoms with Crippen LogP contribution in [0.25, 0.3) is 0 Å². The predicted octanol–water partition coefficient (Wildman–Crippen LogP) is 8.89. The van der Waals surface area contributed by atoms with E-state index < -0.39 is 0 Å². The molecule has 3 rings (SSSR count). The summed E-state index contributed by atoms with van der Waals surface area (Å²) in [5.74, 6) is 6.61. The lowest BCUT2D eigenvalue weighted by atomic mass is 9.46. The van der Waals surface area contributed by atoms with Crippen molar-refractivity contribution >= 4 is 0 Å². The van der Waals surface area contributed by atoms with Crippen LogP contribution in [0.5, 0.6) is 0 Å². The van der Waals surface area contributed by atoms with Crippen LogP contribution in [0.2, 0.25) is 0 Å². The minimum atomic E-state index is 0.375. The monoisotopic (exact) mass is 432 g/mol. The summed E-state index contributed by atoms with van der Waals surface area (Å²) in [7, 11) is 0. The first-order valence-electron chi connectivity index (χ1n) is 14.4. The third-order valence-corrected chi connectivity index (χ3v) is 10.7. The minimum absolute atomic E-state index is 0.375. The van der Waals surface area contributed by atoms with Gasteiger partial charge in [0, 0.05) is 6.61 Å². The normalized spacial score (nSPS) is 41.2. The molecule has 1 heteroatoms. The quantitative estimate of drug-likeness (QED) is 0.323. The topological polar surface area (TPSA) is 20.2 Å². The van der Waals surface area contributed by atoms with Crippen LogP contribution in [-0.4, -0.2) is 11.7 Å². The van der Waals surface area contributed by atoms with E-state index in [9.17, 15) is 5.11 Å². The minimum Gasteiger partial charge on any atom is -0.396 e. The van der Waals surface area contributed by atoms with Gasteiger partial charge in [0.15, 0.2) is 0 Å². The molecule has 1 nitrogen and oxygen atoms in total. The Morgan fingerprint density at radius 2 is 1.71 bits per heavy atom. The van der Waals surface area contributed by atoms with E-state index in [1.165, 1.54) is 83.5 Å². The van der Waals surface area contributed by atoms with Crippen LogP contribution in [0.3, 0.4) is 0 Å². The Kier molecular flexibility index (Phi) is 9.01. The first kappa shape index (κ1) is 25.6. The highest BCUT2D eigenvalue weighted by atomic mass is 16.2. The van der Waals surface area contributed by atoms with E-state index >= 15 is 0 Å². The number of unbranched alkanes of at least 4 members (excludes halogenated alkanes) is 1. The summed E-state index contributed by atoms with van der Waals surface area (Å²) >= 11 is 0. The van der Waals surface area contributed by atoms with Crippen LogP contribution in [0.4, 0.5) is 0 Å². The highest BCUT2D eigenvalue weighted by Crippen LogP contribution is 2.67. The van der Waals surface area contributed by atoms with E-state index in [-0.39, 0.29) is 0 Å². The summed E-state index contributed by atoms with van der Waals surface area (Å²) < 4.78 is 0. The van der Waals surface area contributed by atoms with Gasteiger partial charge >= 0.3 is 0 Å². The van der Waals surface area contributed by atoms with Gasteiger partial charge in [0.25, 0.3) is 0 Å². The SMILES string of the molecule is CCCC1CC2C(CCC3(C)C(C(C)CCCC(C)C)CCC23)C(C)(CCCCO)C1. The number of aliphatic hydroxyl groups is 1. The summed E-state index contributed by atoms with van der Waals surface area (Å²) in [5.41, 5.74) is 1.14. The summed E-state index contributed by atoms with van der Waals surface area (Å²) in [4.78, 5) is 0. The molecule has 31 heavy (non-hydrogen) atoms. The maximum atomic E-state index is 9.38. The van der Waals surface area contributed by atoms with Crippen molar-refractivity contribution in [2.45, 2.75) is 131 Å². The van der Waals surface area contributed by atoms with Gasteiger partial charge in [-0.25, -0.2) is 0 Å². The summed E-state index contributed by atoms with van der Waals surface area (Å²) in [6.07, 6.45) is 19.7. The zero-order chi connectivity index (χ0) is 22.6. The van der Waals surface area contributed by atoms with Crippen LogP contribution in [0, 0.1) is 52.3 Å². The molecule has 8 atom stereocenters. The molecule has 3 aliphatic rings. The zero-order valence-electron chi connectivity index (χ0n) is 22.1. The van der Waals surface area contributed by atoms with E-state index in [2.05, 4.69) is 41.5 Å². The smallest absolute Gasteiger partial charge is 0.0431 e. The molecule has 0 radical (unpaired) electrons. The molecule has 182 valence electrons. The average molecular weight is 433 g/mol. The first-order valence-corrected chi connectivity index (χ1v) is 14.4. The summed E-state index contributed by atoms with van der Waals surface area (Å²) in [6, 6.07) is 0. The molecule has 3 aliphatic carbocycles. The second-order valence-electron chi connectivity index (χ2n) is 13.3. The van der Waals surface area contributed by atoms with Crippen molar-refractivity contribution in [1.82, 2.24) is 0 Å². The highest BCUT2D eigenvalue weighted by molar-refractivity contribution is 5.08. The Balaban J connectivity index is 1.74. The van der Waals surface area contributed by atoms with Gasteiger partial charge in [-0.15, -0.1) is 0 Å². The lowest BCUT2D eigenvalue weighted by Crippen LogP contribution is -2.51. The van der Waals surface area contributed by atoms with Gasteiger partial charge in [-0.05, 0) is 104 Å². The zero-order valence-corrected chi connectivity index (χ0v) is 22.1. The molecule has 1 N–H and O–H groups in total. The number of hydrogen-bond acceptors (Lipinski definition) is 1. The van der Waals surface area contributed by atoms with Crippen LogP contribution >= 0.6 is 0 Å². The Labute approximate surface area is 195 Å². The Morgan fingerprint density at radius 3 is 2.39 bits per heavy atom. The van der Waals surface area contributed by atoms with E-state index in [1.807, 2.05) is 0 Å². The van der Waals surface area contributed by atoms with Crippen molar-refractivity contribution in [3.63, 3.8) is 0 Å². The Hall–Kier alpha value is -0.0400. The van der Waals surface area contributed by atoms with Gasteiger partial charge in [0.2, 0.25) is 0 Å². The van der Waals surface area contributed by atoms with Crippen LogP contribution in [0.15, 0.2) is 0 Å². The molecule has 0 amide bonds. The third-order valence-electron chi connectivity index (χ3n) is 10.7.